The highest BCUT2D eigenvalue weighted by Crippen LogP contribution is 2.33. The summed E-state index contributed by atoms with van der Waals surface area (Å²) in [5, 5.41) is 33.0. The zero-order valence-corrected chi connectivity index (χ0v) is 15.9. The number of nitrogens with zero attached hydrogens (tertiary/aromatic N) is 4. The van der Waals surface area contributed by atoms with Crippen LogP contribution in [0.3, 0.4) is 0 Å². The molecule has 2 aromatic heterocycles. The van der Waals surface area contributed by atoms with Gasteiger partial charge in [0.1, 0.15) is 23.8 Å². The average molecular weight is 392 g/mol. The highest BCUT2D eigenvalue weighted by atomic mass is 16.6. The van der Waals surface area contributed by atoms with Gasteiger partial charge in [0.25, 0.3) is 0 Å². The van der Waals surface area contributed by atoms with Crippen LogP contribution in [-0.2, 0) is 4.74 Å². The van der Waals surface area contributed by atoms with Crippen LogP contribution in [0.5, 0.6) is 0 Å². The Hall–Kier alpha value is -2.01. The van der Waals surface area contributed by atoms with Crippen LogP contribution in [0.1, 0.15) is 45.3 Å². The number of nitrogen functional groups attached to an aromatic ring is 1. The van der Waals surface area contributed by atoms with Gasteiger partial charge in [0, 0.05) is 6.04 Å². The van der Waals surface area contributed by atoms with Crippen LogP contribution < -0.4 is 11.1 Å². The normalized spacial score (nSPS) is 30.0. The van der Waals surface area contributed by atoms with Gasteiger partial charge in [-0.2, -0.15) is 9.97 Å². The molecule has 4 rings (SSSR count). The van der Waals surface area contributed by atoms with Crippen molar-refractivity contribution in [3.63, 3.8) is 0 Å². The van der Waals surface area contributed by atoms with E-state index in [9.17, 15) is 15.3 Å². The summed E-state index contributed by atoms with van der Waals surface area (Å²) in [5.74, 6) is 1.20. The minimum atomic E-state index is -1.22. The number of fused-ring (bicyclic) bond motifs is 1. The molecule has 0 spiro atoms. The minimum Gasteiger partial charge on any atom is -0.394 e. The zero-order chi connectivity index (χ0) is 19.8. The van der Waals surface area contributed by atoms with Gasteiger partial charge < -0.3 is 31.1 Å². The SMILES string of the molecule is CC(Nc1nc(N)c2ncn([C@@H]3O[C@H](CO)[C@@H](O)[C@H]3O)c2n1)C1CCCCC1. The van der Waals surface area contributed by atoms with Crippen LogP contribution >= 0.6 is 0 Å². The number of aliphatic hydroxyl groups excluding tert-OH is 3. The molecule has 2 aromatic rings. The summed E-state index contributed by atoms with van der Waals surface area (Å²) < 4.78 is 7.12. The van der Waals surface area contributed by atoms with E-state index in [1.807, 2.05) is 0 Å². The van der Waals surface area contributed by atoms with Crippen molar-refractivity contribution in [2.24, 2.45) is 5.92 Å². The second kappa shape index (κ2) is 7.78. The van der Waals surface area contributed by atoms with E-state index in [1.54, 1.807) is 0 Å². The maximum absolute atomic E-state index is 10.3. The molecule has 5 atom stereocenters. The molecular weight excluding hydrogens is 364 g/mol. The first kappa shape index (κ1) is 19.3. The Balaban J connectivity index is 1.61. The molecule has 3 heterocycles. The summed E-state index contributed by atoms with van der Waals surface area (Å²) in [5.41, 5.74) is 6.88. The van der Waals surface area contributed by atoms with Crippen molar-refractivity contribution in [3.05, 3.63) is 6.33 Å². The molecule has 0 aromatic carbocycles. The lowest BCUT2D eigenvalue weighted by molar-refractivity contribution is -0.0511. The fourth-order valence-corrected chi connectivity index (χ4v) is 4.25. The van der Waals surface area contributed by atoms with Crippen LogP contribution in [-0.4, -0.2) is 65.8 Å². The highest BCUT2D eigenvalue weighted by Gasteiger charge is 2.44. The Morgan fingerprint density at radius 2 is 2.00 bits per heavy atom. The highest BCUT2D eigenvalue weighted by molar-refractivity contribution is 5.83. The average Bonchev–Trinajstić information content (AvgIpc) is 3.24. The standard InChI is InChI=1S/C18H28N6O4/c1-9(10-5-3-2-4-6-10)21-18-22-15(19)12-16(23-18)24(8-20-12)17-14(27)13(26)11(7-25)28-17/h8-11,13-14,17,25-27H,2-7H2,1H3,(H3,19,21,22,23)/t9?,11-,13-,14-,17-/m1/s1. The smallest absolute Gasteiger partial charge is 0.226 e. The topological polar surface area (TPSA) is 152 Å². The third-order valence-corrected chi connectivity index (χ3v) is 5.95. The first-order valence-electron chi connectivity index (χ1n) is 9.88. The number of aromatic nitrogens is 4. The quantitative estimate of drug-likeness (QED) is 0.487. The van der Waals surface area contributed by atoms with Gasteiger partial charge >= 0.3 is 0 Å². The minimum absolute atomic E-state index is 0.211. The van der Waals surface area contributed by atoms with Gasteiger partial charge in [0.05, 0.1) is 12.9 Å². The molecule has 154 valence electrons. The Morgan fingerprint density at radius 1 is 1.25 bits per heavy atom. The van der Waals surface area contributed by atoms with E-state index in [2.05, 4.69) is 27.2 Å². The predicted molar refractivity (Wildman–Crippen MR) is 102 cm³/mol. The summed E-state index contributed by atoms with van der Waals surface area (Å²) in [4.78, 5) is 13.1. The molecule has 1 saturated heterocycles. The second-order valence-electron chi connectivity index (χ2n) is 7.82. The summed E-state index contributed by atoms with van der Waals surface area (Å²) in [6, 6.07) is 0.211. The van der Waals surface area contributed by atoms with Crippen molar-refractivity contribution in [1.29, 1.82) is 0 Å². The monoisotopic (exact) mass is 392 g/mol. The van der Waals surface area contributed by atoms with Crippen LogP contribution in [0.2, 0.25) is 0 Å². The molecule has 0 bridgehead atoms. The summed E-state index contributed by atoms with van der Waals surface area (Å²) in [7, 11) is 0. The molecule has 0 amide bonds. The molecule has 1 aliphatic heterocycles. The lowest BCUT2D eigenvalue weighted by atomic mass is 9.85. The number of aliphatic hydroxyl groups is 3. The maximum atomic E-state index is 10.3. The Labute approximate surface area is 162 Å². The summed E-state index contributed by atoms with van der Waals surface area (Å²) >= 11 is 0. The van der Waals surface area contributed by atoms with Crippen molar-refractivity contribution < 1.29 is 20.1 Å². The number of ether oxygens (including phenoxy) is 1. The van der Waals surface area contributed by atoms with E-state index in [1.165, 1.54) is 43.0 Å². The molecule has 1 saturated carbocycles. The van der Waals surface area contributed by atoms with E-state index in [-0.39, 0.29) is 11.9 Å². The lowest BCUT2D eigenvalue weighted by Gasteiger charge is -2.28. The van der Waals surface area contributed by atoms with E-state index in [0.29, 0.717) is 23.0 Å². The number of nitrogens with one attached hydrogen (secondary N) is 1. The third-order valence-electron chi connectivity index (χ3n) is 5.95. The van der Waals surface area contributed by atoms with Crippen LogP contribution in [0.25, 0.3) is 11.2 Å². The molecule has 1 aliphatic carbocycles. The van der Waals surface area contributed by atoms with Crippen molar-refractivity contribution in [1.82, 2.24) is 19.5 Å². The fraction of sp³-hybridized carbons (Fsp3) is 0.722. The number of hydrogen-bond acceptors (Lipinski definition) is 9. The molecule has 2 fully saturated rings. The molecule has 28 heavy (non-hydrogen) atoms. The van der Waals surface area contributed by atoms with Gasteiger partial charge in [-0.05, 0) is 25.7 Å². The number of nitrogens with two attached hydrogens (primary N) is 1. The van der Waals surface area contributed by atoms with Crippen molar-refractivity contribution in [2.75, 3.05) is 17.7 Å². The van der Waals surface area contributed by atoms with Crippen LogP contribution in [0.4, 0.5) is 11.8 Å². The Kier molecular flexibility index (Phi) is 5.37. The number of rotatable bonds is 5. The van der Waals surface area contributed by atoms with Crippen LogP contribution in [0.15, 0.2) is 6.33 Å². The molecule has 0 radical (unpaired) electrons. The lowest BCUT2D eigenvalue weighted by Crippen LogP contribution is -2.33. The number of anilines is 2. The largest absolute Gasteiger partial charge is 0.394 e. The fourth-order valence-electron chi connectivity index (χ4n) is 4.25. The van der Waals surface area contributed by atoms with Crippen LogP contribution in [0, 0.1) is 5.92 Å². The van der Waals surface area contributed by atoms with E-state index in [4.69, 9.17) is 10.5 Å². The zero-order valence-electron chi connectivity index (χ0n) is 15.9. The van der Waals surface area contributed by atoms with E-state index in [0.717, 1.165) is 0 Å². The van der Waals surface area contributed by atoms with Crippen molar-refractivity contribution >= 4 is 22.9 Å². The Morgan fingerprint density at radius 3 is 2.68 bits per heavy atom. The molecule has 2 aliphatic rings. The number of imidazole rings is 1. The van der Waals surface area contributed by atoms with Gasteiger partial charge in [-0.3, -0.25) is 4.57 Å². The summed E-state index contributed by atoms with van der Waals surface area (Å²) in [6.45, 7) is 1.73. The van der Waals surface area contributed by atoms with Gasteiger partial charge in [-0.25, -0.2) is 4.98 Å². The first-order valence-corrected chi connectivity index (χ1v) is 9.88. The van der Waals surface area contributed by atoms with Gasteiger partial charge in [0.15, 0.2) is 17.7 Å². The predicted octanol–water partition coefficient (Wildman–Crippen LogP) is 0.401. The third kappa shape index (κ3) is 3.41. The summed E-state index contributed by atoms with van der Waals surface area (Å²) in [6.07, 6.45) is 3.40. The second-order valence-corrected chi connectivity index (χ2v) is 7.82. The maximum Gasteiger partial charge on any atom is 0.226 e. The van der Waals surface area contributed by atoms with Gasteiger partial charge in [0.2, 0.25) is 5.95 Å². The molecular formula is C18H28N6O4. The molecule has 10 nitrogen and oxygen atoms in total. The molecule has 10 heteroatoms. The Bertz CT molecular complexity index is 824. The molecule has 6 N–H and O–H groups in total. The first-order chi connectivity index (χ1) is 13.5. The molecule has 1 unspecified atom stereocenters. The van der Waals surface area contributed by atoms with Gasteiger partial charge in [-0.1, -0.05) is 19.3 Å². The van der Waals surface area contributed by atoms with Gasteiger partial charge in [-0.15, -0.1) is 0 Å². The van der Waals surface area contributed by atoms with E-state index < -0.39 is 31.1 Å². The van der Waals surface area contributed by atoms with Crippen molar-refractivity contribution in [2.45, 2.75) is 69.6 Å². The van der Waals surface area contributed by atoms with Crippen molar-refractivity contribution in [3.8, 4) is 0 Å². The van der Waals surface area contributed by atoms with E-state index >= 15 is 0 Å². The number of hydrogen-bond donors (Lipinski definition) is 5.